The van der Waals surface area contributed by atoms with Crippen LogP contribution in [0.3, 0.4) is 0 Å². The van der Waals surface area contributed by atoms with E-state index in [1.165, 1.54) is 250 Å². The number of carbonyl (C=O) groups excluding carboxylic acids is 1. The zero-order valence-electron chi connectivity index (χ0n) is 45.2. The molecule has 0 heterocycles. The van der Waals surface area contributed by atoms with E-state index in [1.807, 2.05) is 6.08 Å². The summed E-state index contributed by atoms with van der Waals surface area (Å²) in [6.07, 6.45) is 82.6. The van der Waals surface area contributed by atoms with Crippen LogP contribution >= 0.6 is 0 Å². The normalized spacial score (nSPS) is 13.2. The largest absolute Gasteiger partial charge is 0.394 e. The standard InChI is InChI=1S/C63H117NO3/c1-3-5-7-9-11-13-15-17-19-21-23-25-27-29-31-33-34-36-38-40-42-44-46-48-50-52-54-56-58-62(66)61(60-65)64-63(67)59-57-55-53-51-49-47-45-43-41-39-37-35-32-30-28-26-24-22-20-18-16-14-12-10-8-6-4-2/h16,18,22,24,28,30,48,50,56,58,61-62,65-66H,3-15,17,19-21,23,25-27,29,31-47,49,51-55,57,59-60H2,1-2H3,(H,64,67)/b18-16-,24-22-,30-28-,50-48+,58-56+. The van der Waals surface area contributed by atoms with E-state index in [2.05, 4.69) is 67.8 Å². The Morgan fingerprint density at radius 1 is 0.358 bits per heavy atom. The Morgan fingerprint density at radius 3 is 0.970 bits per heavy atom. The third-order valence-electron chi connectivity index (χ3n) is 13.7. The highest BCUT2D eigenvalue weighted by atomic mass is 16.3. The first-order valence-corrected chi connectivity index (χ1v) is 30.0. The van der Waals surface area contributed by atoms with Gasteiger partial charge in [-0.2, -0.15) is 0 Å². The van der Waals surface area contributed by atoms with Crippen LogP contribution in [0.5, 0.6) is 0 Å². The van der Waals surface area contributed by atoms with Crippen LogP contribution in [0.1, 0.15) is 316 Å². The van der Waals surface area contributed by atoms with Crippen molar-refractivity contribution in [2.75, 3.05) is 6.61 Å². The van der Waals surface area contributed by atoms with Gasteiger partial charge in [0.25, 0.3) is 0 Å². The van der Waals surface area contributed by atoms with Crippen LogP contribution in [0.25, 0.3) is 0 Å². The van der Waals surface area contributed by atoms with Crippen molar-refractivity contribution in [2.24, 2.45) is 0 Å². The fourth-order valence-corrected chi connectivity index (χ4v) is 9.15. The van der Waals surface area contributed by atoms with Gasteiger partial charge in [-0.25, -0.2) is 0 Å². The number of aliphatic hydroxyl groups excluding tert-OH is 2. The van der Waals surface area contributed by atoms with Gasteiger partial charge in [-0.15, -0.1) is 0 Å². The lowest BCUT2D eigenvalue weighted by Crippen LogP contribution is -2.45. The smallest absolute Gasteiger partial charge is 0.220 e. The third kappa shape index (κ3) is 54.9. The Balaban J connectivity index is 3.53. The SMILES string of the molecule is CCCCCCC/C=C\C/C=C\C/C=C\CCCCCCCCCCCCCCC(=O)NC(CO)C(O)/C=C/CC/C=C/CCCCCCCCCCCCCCCCCCCCCCCC. The number of nitrogens with one attached hydrogen (secondary N) is 1. The second-order valence-corrected chi connectivity index (χ2v) is 20.4. The lowest BCUT2D eigenvalue weighted by atomic mass is 10.0. The van der Waals surface area contributed by atoms with Crippen LogP contribution in [-0.4, -0.2) is 34.9 Å². The molecule has 0 saturated heterocycles. The van der Waals surface area contributed by atoms with Crippen molar-refractivity contribution in [3.63, 3.8) is 0 Å². The molecule has 0 aromatic carbocycles. The Morgan fingerprint density at radius 2 is 0.627 bits per heavy atom. The van der Waals surface area contributed by atoms with Gasteiger partial charge in [-0.3, -0.25) is 4.79 Å². The fraction of sp³-hybridized carbons (Fsp3) is 0.825. The molecule has 67 heavy (non-hydrogen) atoms. The van der Waals surface area contributed by atoms with Crippen molar-refractivity contribution >= 4 is 5.91 Å². The quantitative estimate of drug-likeness (QED) is 0.0420. The predicted molar refractivity (Wildman–Crippen MR) is 299 cm³/mol. The number of carbonyl (C=O) groups is 1. The molecule has 1 amide bonds. The molecule has 0 spiro atoms. The maximum Gasteiger partial charge on any atom is 0.220 e. The molecule has 0 aromatic heterocycles. The lowest BCUT2D eigenvalue weighted by molar-refractivity contribution is -0.123. The minimum atomic E-state index is -0.867. The van der Waals surface area contributed by atoms with Gasteiger partial charge in [0, 0.05) is 6.42 Å². The number of allylic oxidation sites excluding steroid dienone is 9. The Bertz CT molecular complexity index is 1110. The van der Waals surface area contributed by atoms with Crippen LogP contribution in [0, 0.1) is 0 Å². The average molecular weight is 937 g/mol. The van der Waals surface area contributed by atoms with E-state index in [0.717, 1.165) is 44.9 Å². The van der Waals surface area contributed by atoms with Gasteiger partial charge in [0.2, 0.25) is 5.91 Å². The summed E-state index contributed by atoms with van der Waals surface area (Å²) in [5.41, 5.74) is 0. The Hall–Kier alpha value is -1.91. The van der Waals surface area contributed by atoms with Gasteiger partial charge in [0.1, 0.15) is 0 Å². The maximum atomic E-state index is 12.5. The Labute approximate surface area is 419 Å². The van der Waals surface area contributed by atoms with Crippen LogP contribution in [0.4, 0.5) is 0 Å². The zero-order chi connectivity index (χ0) is 48.5. The van der Waals surface area contributed by atoms with Gasteiger partial charge in [-0.05, 0) is 70.6 Å². The molecule has 0 bridgehead atoms. The molecule has 0 aliphatic rings. The summed E-state index contributed by atoms with van der Waals surface area (Å²) in [6.45, 7) is 4.31. The first-order chi connectivity index (χ1) is 33.2. The topological polar surface area (TPSA) is 69.6 Å². The van der Waals surface area contributed by atoms with Crippen molar-refractivity contribution in [3.8, 4) is 0 Å². The molecular formula is C63H117NO3. The number of hydrogen-bond donors (Lipinski definition) is 3. The van der Waals surface area contributed by atoms with Crippen molar-refractivity contribution in [1.29, 1.82) is 0 Å². The minimum absolute atomic E-state index is 0.0736. The summed E-state index contributed by atoms with van der Waals surface area (Å²) in [4.78, 5) is 12.5. The zero-order valence-corrected chi connectivity index (χ0v) is 45.2. The fourth-order valence-electron chi connectivity index (χ4n) is 9.15. The molecule has 0 radical (unpaired) electrons. The highest BCUT2D eigenvalue weighted by molar-refractivity contribution is 5.76. The maximum absolute atomic E-state index is 12.5. The summed E-state index contributed by atoms with van der Waals surface area (Å²) < 4.78 is 0. The van der Waals surface area contributed by atoms with E-state index in [9.17, 15) is 15.0 Å². The number of amides is 1. The summed E-state index contributed by atoms with van der Waals surface area (Å²) in [7, 11) is 0. The molecule has 0 aliphatic carbocycles. The number of aliphatic hydroxyl groups is 2. The molecule has 0 saturated carbocycles. The molecule has 2 unspecified atom stereocenters. The van der Waals surface area contributed by atoms with E-state index in [4.69, 9.17) is 0 Å². The molecule has 4 heteroatoms. The number of rotatable bonds is 55. The minimum Gasteiger partial charge on any atom is -0.394 e. The van der Waals surface area contributed by atoms with E-state index in [-0.39, 0.29) is 12.5 Å². The molecule has 0 aliphatic heterocycles. The first kappa shape index (κ1) is 65.1. The second kappa shape index (κ2) is 58.4. The monoisotopic (exact) mass is 936 g/mol. The van der Waals surface area contributed by atoms with Crippen LogP contribution in [0.15, 0.2) is 60.8 Å². The van der Waals surface area contributed by atoms with Crippen molar-refractivity contribution in [3.05, 3.63) is 60.8 Å². The number of unbranched alkanes of at least 4 members (excludes halogenated alkanes) is 40. The van der Waals surface area contributed by atoms with E-state index in [0.29, 0.717) is 6.42 Å². The number of hydrogen-bond acceptors (Lipinski definition) is 3. The summed E-state index contributed by atoms with van der Waals surface area (Å²) in [5.74, 6) is -0.0736. The molecule has 0 fully saturated rings. The van der Waals surface area contributed by atoms with Gasteiger partial charge < -0.3 is 15.5 Å². The lowest BCUT2D eigenvalue weighted by Gasteiger charge is -2.19. The van der Waals surface area contributed by atoms with Crippen molar-refractivity contribution < 1.29 is 15.0 Å². The molecule has 0 aromatic rings. The first-order valence-electron chi connectivity index (χ1n) is 30.0. The van der Waals surface area contributed by atoms with E-state index < -0.39 is 12.1 Å². The highest BCUT2D eigenvalue weighted by Gasteiger charge is 2.18. The highest BCUT2D eigenvalue weighted by Crippen LogP contribution is 2.17. The van der Waals surface area contributed by atoms with Crippen LogP contribution in [0.2, 0.25) is 0 Å². The van der Waals surface area contributed by atoms with E-state index >= 15 is 0 Å². The predicted octanol–water partition coefficient (Wildman–Crippen LogP) is 20.0. The molecule has 3 N–H and O–H groups in total. The molecule has 0 rings (SSSR count). The van der Waals surface area contributed by atoms with Gasteiger partial charge in [0.05, 0.1) is 18.8 Å². The third-order valence-corrected chi connectivity index (χ3v) is 13.7. The summed E-state index contributed by atoms with van der Waals surface area (Å²) in [5, 5.41) is 23.2. The van der Waals surface area contributed by atoms with Gasteiger partial charge >= 0.3 is 0 Å². The summed E-state index contributed by atoms with van der Waals surface area (Å²) in [6, 6.07) is -0.644. The van der Waals surface area contributed by atoms with Crippen molar-refractivity contribution in [1.82, 2.24) is 5.32 Å². The van der Waals surface area contributed by atoms with Crippen LogP contribution < -0.4 is 5.32 Å². The van der Waals surface area contributed by atoms with Crippen LogP contribution in [-0.2, 0) is 4.79 Å². The molecule has 4 nitrogen and oxygen atoms in total. The van der Waals surface area contributed by atoms with Crippen molar-refractivity contribution in [2.45, 2.75) is 328 Å². The van der Waals surface area contributed by atoms with Gasteiger partial charge in [0.15, 0.2) is 0 Å². The molecule has 2 atom stereocenters. The second-order valence-electron chi connectivity index (χ2n) is 20.4. The summed E-state index contributed by atoms with van der Waals surface area (Å²) >= 11 is 0. The molecule has 392 valence electrons. The average Bonchev–Trinajstić information content (AvgIpc) is 3.33. The molecular weight excluding hydrogens is 819 g/mol. The van der Waals surface area contributed by atoms with Gasteiger partial charge in [-0.1, -0.05) is 299 Å². The van der Waals surface area contributed by atoms with E-state index in [1.54, 1.807) is 6.08 Å². The Kier molecular flexibility index (Phi) is 56.7.